The zero-order valence-electron chi connectivity index (χ0n) is 9.88. The Labute approximate surface area is 131 Å². The molecule has 0 atom stereocenters. The summed E-state index contributed by atoms with van der Waals surface area (Å²) in [4.78, 5) is 11.2. The number of anilines is 1. The molecular weight excluding hydrogens is 297 g/mol. The first kappa shape index (κ1) is 17.2. The van der Waals surface area contributed by atoms with Crippen molar-refractivity contribution in [2.24, 2.45) is 0 Å². The van der Waals surface area contributed by atoms with Crippen LogP contribution >= 0.6 is 22.4 Å². The molecule has 0 radical (unpaired) electrons. The minimum absolute atomic E-state index is 0. The summed E-state index contributed by atoms with van der Waals surface area (Å²) in [5, 5.41) is 2.98. The van der Waals surface area contributed by atoms with Gasteiger partial charge in [-0.3, -0.25) is 9.35 Å². The van der Waals surface area contributed by atoms with Crippen molar-refractivity contribution in [2.45, 2.75) is 0 Å². The van der Waals surface area contributed by atoms with Gasteiger partial charge in [0.25, 0.3) is 0 Å². The van der Waals surface area contributed by atoms with Gasteiger partial charge in [0.2, 0.25) is 5.91 Å². The smallest absolute Gasteiger partial charge is 1.00 e. The third-order valence-electron chi connectivity index (χ3n) is 1.47. The first-order valence-electron chi connectivity index (χ1n) is 4.04. The second-order valence-electron chi connectivity index (χ2n) is 2.74. The molecule has 0 fully saturated rings. The average Bonchev–Trinajstić information content (AvgIpc) is 2.18. The van der Waals surface area contributed by atoms with Gasteiger partial charge in [-0.1, -0.05) is 11.6 Å². The Hall–Kier alpha value is 0.240. The van der Waals surface area contributed by atoms with E-state index in [0.29, 0.717) is 10.7 Å². The van der Waals surface area contributed by atoms with Crippen molar-refractivity contribution in [1.29, 1.82) is 0 Å². The van der Waals surface area contributed by atoms with Crippen molar-refractivity contribution in [1.82, 2.24) is 0 Å². The molecule has 1 aromatic carbocycles. The SMILES string of the molecule is O=C(CSS(=O)(=O)O)Nc1ccc(Cl)cc1.[H-].[Na+]. The Morgan fingerprint density at radius 3 is 2.41 bits per heavy atom. The molecule has 0 spiro atoms. The van der Waals surface area contributed by atoms with Gasteiger partial charge in [0.15, 0.2) is 0 Å². The Balaban J connectivity index is 0. The molecule has 1 rings (SSSR count). The molecule has 17 heavy (non-hydrogen) atoms. The molecule has 0 aliphatic carbocycles. The predicted molar refractivity (Wildman–Crippen MR) is 65.2 cm³/mol. The Bertz CT molecular complexity index is 482. The summed E-state index contributed by atoms with van der Waals surface area (Å²) in [6, 6.07) is 6.34. The molecule has 1 aromatic rings. The van der Waals surface area contributed by atoms with E-state index in [9.17, 15) is 13.2 Å². The zero-order chi connectivity index (χ0) is 12.2. The van der Waals surface area contributed by atoms with Crippen LogP contribution in [-0.2, 0) is 13.9 Å². The summed E-state index contributed by atoms with van der Waals surface area (Å²) >= 11 is 5.64. The van der Waals surface area contributed by atoms with E-state index in [2.05, 4.69) is 5.32 Å². The number of amides is 1. The van der Waals surface area contributed by atoms with E-state index < -0.39 is 15.1 Å². The zero-order valence-corrected chi connectivity index (χ0v) is 13.3. The van der Waals surface area contributed by atoms with Crippen LogP contribution in [0.3, 0.4) is 0 Å². The molecule has 0 saturated heterocycles. The van der Waals surface area contributed by atoms with Crippen molar-refractivity contribution in [2.75, 3.05) is 11.1 Å². The molecular formula is C8H9ClNNaO4S2. The Morgan fingerprint density at radius 2 is 1.94 bits per heavy atom. The number of carbonyl (C=O) groups excluding carboxylic acids is 1. The van der Waals surface area contributed by atoms with Crippen molar-refractivity contribution in [3.05, 3.63) is 29.3 Å². The van der Waals surface area contributed by atoms with Crippen LogP contribution in [0.1, 0.15) is 1.43 Å². The number of rotatable bonds is 4. The Morgan fingerprint density at radius 1 is 1.41 bits per heavy atom. The summed E-state index contributed by atoms with van der Waals surface area (Å²) < 4.78 is 29.1. The Kier molecular flexibility index (Phi) is 7.73. The molecule has 0 unspecified atom stereocenters. The largest absolute Gasteiger partial charge is 1.00 e. The molecule has 0 aliphatic heterocycles. The van der Waals surface area contributed by atoms with Crippen LogP contribution in [0.5, 0.6) is 0 Å². The van der Waals surface area contributed by atoms with E-state index in [-0.39, 0.29) is 47.5 Å². The monoisotopic (exact) mass is 305 g/mol. The van der Waals surface area contributed by atoms with E-state index in [0.717, 1.165) is 0 Å². The molecule has 0 aromatic heterocycles. The van der Waals surface area contributed by atoms with E-state index in [1.54, 1.807) is 24.3 Å². The van der Waals surface area contributed by atoms with Crippen molar-refractivity contribution < 1.29 is 48.7 Å². The minimum atomic E-state index is -4.18. The van der Waals surface area contributed by atoms with Gasteiger partial charge in [0.1, 0.15) is 0 Å². The maximum Gasteiger partial charge on any atom is 1.00 e. The fourth-order valence-electron chi connectivity index (χ4n) is 0.858. The molecule has 2 N–H and O–H groups in total. The summed E-state index contributed by atoms with van der Waals surface area (Å²) in [5.41, 5.74) is 0.505. The van der Waals surface area contributed by atoms with Gasteiger partial charge in [-0.05, 0) is 24.3 Å². The second-order valence-corrected chi connectivity index (χ2v) is 6.53. The van der Waals surface area contributed by atoms with Gasteiger partial charge in [-0.15, -0.1) is 0 Å². The average molecular weight is 306 g/mol. The van der Waals surface area contributed by atoms with Crippen LogP contribution in [0, 0.1) is 0 Å². The molecule has 9 heteroatoms. The number of benzene rings is 1. The molecule has 0 bridgehead atoms. The topological polar surface area (TPSA) is 83.5 Å². The minimum Gasteiger partial charge on any atom is -1.00 e. The van der Waals surface area contributed by atoms with Gasteiger partial charge < -0.3 is 6.74 Å². The van der Waals surface area contributed by atoms with Gasteiger partial charge in [0, 0.05) is 21.5 Å². The normalized spacial score (nSPS) is 10.5. The van der Waals surface area contributed by atoms with E-state index in [1.807, 2.05) is 0 Å². The summed E-state index contributed by atoms with van der Waals surface area (Å²) in [5.74, 6) is -0.897. The molecule has 0 heterocycles. The fourth-order valence-corrected chi connectivity index (χ4v) is 2.08. The maximum atomic E-state index is 11.2. The summed E-state index contributed by atoms with van der Waals surface area (Å²) in [7, 11) is -4.03. The fraction of sp³-hybridized carbons (Fsp3) is 0.125. The van der Waals surface area contributed by atoms with E-state index in [1.165, 1.54) is 0 Å². The van der Waals surface area contributed by atoms with Crippen LogP contribution in [0.2, 0.25) is 5.02 Å². The van der Waals surface area contributed by atoms with Crippen LogP contribution in [0.15, 0.2) is 24.3 Å². The van der Waals surface area contributed by atoms with Gasteiger partial charge >= 0.3 is 38.7 Å². The second kappa shape index (κ2) is 7.63. The molecule has 1 amide bonds. The third-order valence-corrected chi connectivity index (χ3v) is 3.64. The number of hydrogen-bond donors (Lipinski definition) is 2. The maximum absolute atomic E-state index is 11.2. The molecule has 5 nitrogen and oxygen atoms in total. The predicted octanol–water partition coefficient (Wildman–Crippen LogP) is -1.07. The van der Waals surface area contributed by atoms with Gasteiger partial charge in [-0.25, -0.2) is 0 Å². The molecule has 0 saturated carbocycles. The first-order valence-corrected chi connectivity index (χ1v) is 7.36. The summed E-state index contributed by atoms with van der Waals surface area (Å²) in [6.07, 6.45) is 0. The summed E-state index contributed by atoms with van der Waals surface area (Å²) in [6.45, 7) is 0. The molecule has 90 valence electrons. The number of hydrogen-bond acceptors (Lipinski definition) is 4. The number of halogens is 1. The standard InChI is InChI=1S/C8H8ClNO4S2.Na.H/c9-6-1-3-7(4-2-6)10-8(11)5-15-16(12,13)14;;/h1-4H,5H2,(H,10,11)(H,12,13,14);;/q;+1;-1. The number of nitrogens with one attached hydrogen (secondary N) is 1. The molecule has 0 aliphatic rings. The van der Waals surface area contributed by atoms with Crippen LogP contribution in [0.25, 0.3) is 0 Å². The van der Waals surface area contributed by atoms with Crippen LogP contribution in [-0.4, -0.2) is 24.6 Å². The van der Waals surface area contributed by atoms with Crippen molar-refractivity contribution in [3.8, 4) is 0 Å². The van der Waals surface area contributed by atoms with Crippen molar-refractivity contribution >= 4 is 43.1 Å². The van der Waals surface area contributed by atoms with Gasteiger partial charge in [0.05, 0.1) is 5.75 Å². The van der Waals surface area contributed by atoms with Crippen molar-refractivity contribution in [3.63, 3.8) is 0 Å². The van der Waals surface area contributed by atoms with E-state index in [4.69, 9.17) is 16.2 Å². The quantitative estimate of drug-likeness (QED) is 0.420. The van der Waals surface area contributed by atoms with Crippen LogP contribution in [0.4, 0.5) is 5.69 Å². The van der Waals surface area contributed by atoms with Gasteiger partial charge in [-0.2, -0.15) is 8.42 Å². The third kappa shape index (κ3) is 8.04. The number of carbonyl (C=O) groups is 1. The van der Waals surface area contributed by atoms with Crippen LogP contribution < -0.4 is 34.9 Å². The van der Waals surface area contributed by atoms with E-state index >= 15 is 0 Å². The first-order chi connectivity index (χ1) is 7.37.